The van der Waals surface area contributed by atoms with Crippen LogP contribution in [0.4, 0.5) is 0 Å². The molecule has 3 heterocycles. The minimum Gasteiger partial charge on any atom is -0.265 e. The van der Waals surface area contributed by atoms with Gasteiger partial charge in [-0.1, -0.05) is 37.3 Å². The van der Waals surface area contributed by atoms with E-state index in [1.807, 2.05) is 15.3 Å². The number of nitrogens with zero attached hydrogens (tertiary/aromatic N) is 6. The number of rotatable bonds is 3. The summed E-state index contributed by atoms with van der Waals surface area (Å²) in [4.78, 5) is 4.67. The Morgan fingerprint density at radius 2 is 1.71 bits per heavy atom. The van der Waals surface area contributed by atoms with Crippen molar-refractivity contribution in [3.63, 3.8) is 0 Å². The number of fused-ring (bicyclic) bond motifs is 3. The smallest absolute Gasteiger partial charge is 0.175 e. The lowest BCUT2D eigenvalue weighted by atomic mass is 10.1. The van der Waals surface area contributed by atoms with E-state index < -0.39 is 0 Å². The first kappa shape index (κ1) is 16.6. The van der Waals surface area contributed by atoms with Crippen molar-refractivity contribution in [3.8, 4) is 17.1 Å². The zero-order valence-corrected chi connectivity index (χ0v) is 16.1. The highest BCUT2D eigenvalue weighted by molar-refractivity contribution is 5.90. The normalized spacial score (nSPS) is 11.5. The van der Waals surface area contributed by atoms with Crippen LogP contribution in [0.2, 0.25) is 0 Å². The molecule has 5 rings (SSSR count). The van der Waals surface area contributed by atoms with E-state index in [4.69, 9.17) is 0 Å². The minimum atomic E-state index is 0.759. The summed E-state index contributed by atoms with van der Waals surface area (Å²) in [5.41, 5.74) is 7.32. The van der Waals surface area contributed by atoms with Crippen LogP contribution in [-0.2, 0) is 6.42 Å². The second-order valence-corrected chi connectivity index (χ2v) is 7.07. The van der Waals surface area contributed by atoms with E-state index in [2.05, 4.69) is 83.5 Å². The Labute approximate surface area is 162 Å². The van der Waals surface area contributed by atoms with Gasteiger partial charge in [0.1, 0.15) is 6.33 Å². The second kappa shape index (κ2) is 6.27. The van der Waals surface area contributed by atoms with Gasteiger partial charge >= 0.3 is 0 Å². The Kier molecular flexibility index (Phi) is 3.72. The molecule has 0 bridgehead atoms. The van der Waals surface area contributed by atoms with Crippen LogP contribution >= 0.6 is 0 Å². The molecule has 0 N–H and O–H groups in total. The van der Waals surface area contributed by atoms with Crippen LogP contribution in [0.1, 0.15) is 23.6 Å². The summed E-state index contributed by atoms with van der Waals surface area (Å²) in [5, 5.41) is 14.3. The molecule has 5 aromatic rings. The fourth-order valence-electron chi connectivity index (χ4n) is 3.45. The Morgan fingerprint density at radius 3 is 2.46 bits per heavy atom. The van der Waals surface area contributed by atoms with Crippen molar-refractivity contribution in [3.05, 3.63) is 71.7 Å². The minimum absolute atomic E-state index is 0.759. The van der Waals surface area contributed by atoms with E-state index in [1.54, 1.807) is 6.33 Å². The van der Waals surface area contributed by atoms with Crippen LogP contribution in [-0.4, -0.2) is 29.4 Å². The zero-order chi connectivity index (χ0) is 19.3. The van der Waals surface area contributed by atoms with Crippen molar-refractivity contribution in [2.24, 2.45) is 0 Å². The van der Waals surface area contributed by atoms with Crippen molar-refractivity contribution in [2.75, 3.05) is 0 Å². The van der Waals surface area contributed by atoms with E-state index in [9.17, 15) is 0 Å². The van der Waals surface area contributed by atoms with E-state index in [1.165, 1.54) is 16.7 Å². The second-order valence-electron chi connectivity index (χ2n) is 7.07. The van der Waals surface area contributed by atoms with Crippen molar-refractivity contribution >= 4 is 16.7 Å². The lowest BCUT2D eigenvalue weighted by Crippen LogP contribution is -2.00. The third-order valence-electron chi connectivity index (χ3n) is 5.33. The highest BCUT2D eigenvalue weighted by atomic mass is 15.3. The standard InChI is InChI=1S/C22H20N6/c1-4-16-6-8-17(9-7-16)20-25-26-22-19-12-24-28(21(19)23-13-27(20)22)18-10-5-14(2)15(3)11-18/h5-13H,4H2,1-3H3. The van der Waals surface area contributed by atoms with E-state index in [0.29, 0.717) is 0 Å². The first-order valence-electron chi connectivity index (χ1n) is 9.40. The molecule has 0 unspecified atom stereocenters. The van der Waals surface area contributed by atoms with Crippen LogP contribution in [0.15, 0.2) is 55.0 Å². The average molecular weight is 368 g/mol. The van der Waals surface area contributed by atoms with Gasteiger partial charge in [-0.05, 0) is 49.1 Å². The van der Waals surface area contributed by atoms with Gasteiger partial charge in [0.2, 0.25) is 0 Å². The highest BCUT2D eigenvalue weighted by Gasteiger charge is 2.15. The Balaban J connectivity index is 1.66. The molecular formula is C22H20N6. The third kappa shape index (κ3) is 2.49. The van der Waals surface area contributed by atoms with Crippen molar-refractivity contribution < 1.29 is 0 Å². The summed E-state index contributed by atoms with van der Waals surface area (Å²) in [6.07, 6.45) is 4.60. The Hall–Kier alpha value is -3.54. The predicted molar refractivity (Wildman–Crippen MR) is 110 cm³/mol. The Morgan fingerprint density at radius 1 is 0.893 bits per heavy atom. The van der Waals surface area contributed by atoms with Gasteiger partial charge in [-0.15, -0.1) is 10.2 Å². The van der Waals surface area contributed by atoms with Gasteiger partial charge < -0.3 is 0 Å². The van der Waals surface area contributed by atoms with Crippen LogP contribution in [0.25, 0.3) is 33.8 Å². The molecule has 6 heteroatoms. The molecule has 0 fully saturated rings. The number of aromatic nitrogens is 6. The summed E-state index contributed by atoms with van der Waals surface area (Å²) >= 11 is 0. The molecule has 0 saturated heterocycles. The summed E-state index contributed by atoms with van der Waals surface area (Å²) in [6.45, 7) is 6.35. The number of aryl methyl sites for hydroxylation is 3. The largest absolute Gasteiger partial charge is 0.265 e. The molecular weight excluding hydrogens is 348 g/mol. The van der Waals surface area contributed by atoms with E-state index in [-0.39, 0.29) is 0 Å². The van der Waals surface area contributed by atoms with Crippen LogP contribution in [0, 0.1) is 13.8 Å². The molecule has 6 nitrogen and oxygen atoms in total. The van der Waals surface area contributed by atoms with Crippen molar-refractivity contribution in [1.29, 1.82) is 0 Å². The van der Waals surface area contributed by atoms with Gasteiger partial charge in [0, 0.05) is 5.56 Å². The summed E-state index contributed by atoms with van der Waals surface area (Å²) in [7, 11) is 0. The zero-order valence-electron chi connectivity index (χ0n) is 16.1. The molecule has 138 valence electrons. The van der Waals surface area contributed by atoms with Gasteiger partial charge in [0.15, 0.2) is 17.1 Å². The monoisotopic (exact) mass is 368 g/mol. The molecule has 2 aromatic carbocycles. The molecule has 0 aliphatic carbocycles. The predicted octanol–water partition coefficient (Wildman–Crippen LogP) is 4.31. The van der Waals surface area contributed by atoms with Crippen molar-refractivity contribution in [1.82, 2.24) is 29.4 Å². The Bertz CT molecular complexity index is 1310. The maximum absolute atomic E-state index is 4.67. The SMILES string of the molecule is CCc1ccc(-c2nnc3c4cnn(-c5ccc(C)c(C)c5)c4ncn23)cc1. The van der Waals surface area contributed by atoms with E-state index in [0.717, 1.165) is 40.2 Å². The number of benzene rings is 2. The molecule has 0 amide bonds. The van der Waals surface area contributed by atoms with Gasteiger partial charge in [-0.2, -0.15) is 5.10 Å². The highest BCUT2D eigenvalue weighted by Crippen LogP contribution is 2.25. The molecule has 0 atom stereocenters. The lowest BCUT2D eigenvalue weighted by Gasteiger charge is -2.06. The number of hydrogen-bond acceptors (Lipinski definition) is 4. The molecule has 28 heavy (non-hydrogen) atoms. The lowest BCUT2D eigenvalue weighted by molar-refractivity contribution is 0.891. The topological polar surface area (TPSA) is 60.9 Å². The van der Waals surface area contributed by atoms with Crippen molar-refractivity contribution in [2.45, 2.75) is 27.2 Å². The number of hydrogen-bond donors (Lipinski definition) is 0. The third-order valence-corrected chi connectivity index (χ3v) is 5.33. The van der Waals surface area contributed by atoms with Crippen LogP contribution in [0.5, 0.6) is 0 Å². The van der Waals surface area contributed by atoms with Gasteiger partial charge in [-0.25, -0.2) is 9.67 Å². The fraction of sp³-hybridized carbons (Fsp3) is 0.182. The molecule has 0 spiro atoms. The van der Waals surface area contributed by atoms with Gasteiger partial charge in [-0.3, -0.25) is 4.40 Å². The summed E-state index contributed by atoms with van der Waals surface area (Å²) in [6, 6.07) is 14.7. The van der Waals surface area contributed by atoms with Crippen LogP contribution < -0.4 is 0 Å². The van der Waals surface area contributed by atoms with Gasteiger partial charge in [0.25, 0.3) is 0 Å². The van der Waals surface area contributed by atoms with Crippen LogP contribution in [0.3, 0.4) is 0 Å². The maximum atomic E-state index is 4.67. The van der Waals surface area contributed by atoms with E-state index >= 15 is 0 Å². The quantitative estimate of drug-likeness (QED) is 0.476. The summed E-state index contributed by atoms with van der Waals surface area (Å²) in [5.74, 6) is 0.783. The molecule has 0 radical (unpaired) electrons. The molecule has 3 aromatic heterocycles. The maximum Gasteiger partial charge on any atom is 0.175 e. The average Bonchev–Trinajstić information content (AvgIpc) is 3.34. The first-order chi connectivity index (χ1) is 13.7. The fourth-order valence-corrected chi connectivity index (χ4v) is 3.45. The first-order valence-corrected chi connectivity index (χ1v) is 9.40. The molecule has 0 aliphatic heterocycles. The van der Waals surface area contributed by atoms with Gasteiger partial charge in [0.05, 0.1) is 17.3 Å². The summed E-state index contributed by atoms with van der Waals surface area (Å²) < 4.78 is 3.78. The molecule has 0 aliphatic rings. The molecule has 0 saturated carbocycles.